The number of amides is 1. The topological polar surface area (TPSA) is 85.9 Å². The van der Waals surface area contributed by atoms with E-state index in [9.17, 15) is 4.79 Å². The molecule has 0 radical (unpaired) electrons. The molecule has 2 aliphatic heterocycles. The molecule has 0 saturated heterocycles. The first-order valence-corrected chi connectivity index (χ1v) is 7.35. The Morgan fingerprint density at radius 2 is 2.00 bits per heavy atom. The number of halogens is 1. The number of hydrogen-bond donors (Lipinski definition) is 2. The normalized spacial score (nSPS) is 15.5. The van der Waals surface area contributed by atoms with Gasteiger partial charge in [-0.1, -0.05) is 23.7 Å². The molecule has 23 heavy (non-hydrogen) atoms. The molecule has 1 amide bonds. The third-order valence-corrected chi connectivity index (χ3v) is 4.11. The summed E-state index contributed by atoms with van der Waals surface area (Å²) in [6, 6.07) is 8.98. The van der Waals surface area contributed by atoms with Crippen molar-refractivity contribution in [3.63, 3.8) is 0 Å². The van der Waals surface area contributed by atoms with E-state index in [1.807, 2.05) is 12.1 Å². The van der Waals surface area contributed by atoms with Crippen molar-refractivity contribution in [2.45, 2.75) is 6.42 Å². The van der Waals surface area contributed by atoms with Gasteiger partial charge in [0.25, 0.3) is 0 Å². The van der Waals surface area contributed by atoms with E-state index in [4.69, 9.17) is 26.8 Å². The van der Waals surface area contributed by atoms with Crippen LogP contribution in [0.3, 0.4) is 0 Å². The number of benzene rings is 2. The Morgan fingerprint density at radius 3 is 2.78 bits per heavy atom. The lowest BCUT2D eigenvalue weighted by atomic mass is 9.95. The van der Waals surface area contributed by atoms with Crippen LogP contribution in [0.25, 0.3) is 0 Å². The quantitative estimate of drug-likeness (QED) is 0.784. The highest BCUT2D eigenvalue weighted by Gasteiger charge is 2.28. The largest absolute Gasteiger partial charge is 0.454 e. The van der Waals surface area contributed by atoms with E-state index in [0.29, 0.717) is 33.5 Å². The number of hydrogen-bond acceptors (Lipinski definition) is 5. The van der Waals surface area contributed by atoms with Gasteiger partial charge in [-0.05, 0) is 23.8 Å². The molecule has 2 aliphatic rings. The zero-order chi connectivity index (χ0) is 16.0. The Kier molecular flexibility index (Phi) is 3.12. The highest BCUT2D eigenvalue weighted by atomic mass is 35.5. The second-order valence-electron chi connectivity index (χ2n) is 5.25. The Bertz CT molecular complexity index is 847. The second-order valence-corrected chi connectivity index (χ2v) is 5.63. The molecule has 2 aromatic rings. The summed E-state index contributed by atoms with van der Waals surface area (Å²) in [6.07, 6.45) is 0.160. The first-order valence-electron chi connectivity index (χ1n) is 6.97. The number of nitrogens with two attached hydrogens (primary N) is 1. The number of nitrogens with one attached hydrogen (secondary N) is 1. The standard InChI is InChI=1S/C16H12ClN3O3/c17-14-13-9(5-11-16(14)23-7-22-11)6-12(21)19-20-15(13)8-1-3-10(18)4-2-8/h1-5H,6-7,18H2,(H,19,21). The molecule has 0 aromatic heterocycles. The van der Waals surface area contributed by atoms with Crippen molar-refractivity contribution >= 4 is 28.9 Å². The third-order valence-electron chi connectivity index (χ3n) is 3.75. The van der Waals surface area contributed by atoms with Gasteiger partial charge in [0.05, 0.1) is 17.2 Å². The molecule has 0 bridgehead atoms. The summed E-state index contributed by atoms with van der Waals surface area (Å²) in [5.74, 6) is 0.801. The van der Waals surface area contributed by atoms with Gasteiger partial charge in [-0.2, -0.15) is 5.10 Å². The average Bonchev–Trinajstić information content (AvgIpc) is 2.93. The Balaban J connectivity index is 1.95. The van der Waals surface area contributed by atoms with Crippen molar-refractivity contribution < 1.29 is 14.3 Å². The number of rotatable bonds is 1. The van der Waals surface area contributed by atoms with Crippen LogP contribution >= 0.6 is 11.6 Å². The minimum absolute atomic E-state index is 0.110. The molecule has 7 heteroatoms. The number of hydrazone groups is 1. The summed E-state index contributed by atoms with van der Waals surface area (Å²) < 4.78 is 10.8. The van der Waals surface area contributed by atoms with E-state index in [1.165, 1.54) is 0 Å². The summed E-state index contributed by atoms with van der Waals surface area (Å²) >= 11 is 6.52. The van der Waals surface area contributed by atoms with Crippen LogP contribution in [0.2, 0.25) is 5.02 Å². The van der Waals surface area contributed by atoms with Gasteiger partial charge in [0.1, 0.15) is 0 Å². The number of carbonyl (C=O) groups is 1. The molecular weight excluding hydrogens is 318 g/mol. The monoisotopic (exact) mass is 329 g/mol. The number of fused-ring (bicyclic) bond motifs is 2. The van der Waals surface area contributed by atoms with Crippen molar-refractivity contribution in [2.24, 2.45) is 5.10 Å². The lowest BCUT2D eigenvalue weighted by molar-refractivity contribution is -0.120. The van der Waals surface area contributed by atoms with Gasteiger partial charge in [0, 0.05) is 16.8 Å². The van der Waals surface area contributed by atoms with Crippen molar-refractivity contribution in [3.05, 3.63) is 52.0 Å². The van der Waals surface area contributed by atoms with E-state index in [1.54, 1.807) is 18.2 Å². The minimum Gasteiger partial charge on any atom is -0.454 e. The number of ether oxygens (including phenoxy) is 2. The van der Waals surface area contributed by atoms with Crippen LogP contribution < -0.4 is 20.6 Å². The molecule has 2 aromatic carbocycles. The van der Waals surface area contributed by atoms with Gasteiger partial charge in [0.15, 0.2) is 11.5 Å². The molecule has 0 fully saturated rings. The highest BCUT2D eigenvalue weighted by molar-refractivity contribution is 6.37. The van der Waals surface area contributed by atoms with Crippen molar-refractivity contribution in [1.82, 2.24) is 5.43 Å². The Hall–Kier alpha value is -2.73. The third kappa shape index (κ3) is 2.27. The fourth-order valence-corrected chi connectivity index (χ4v) is 3.04. The lowest BCUT2D eigenvalue weighted by Crippen LogP contribution is -2.18. The summed E-state index contributed by atoms with van der Waals surface area (Å²) in [5, 5.41) is 4.62. The van der Waals surface area contributed by atoms with Crippen molar-refractivity contribution in [1.29, 1.82) is 0 Å². The predicted octanol–water partition coefficient (Wildman–Crippen LogP) is 2.08. The van der Waals surface area contributed by atoms with E-state index in [0.717, 1.165) is 11.1 Å². The van der Waals surface area contributed by atoms with E-state index < -0.39 is 0 Å². The Labute approximate surface area is 136 Å². The molecular formula is C16H12ClN3O3. The van der Waals surface area contributed by atoms with Gasteiger partial charge < -0.3 is 15.2 Å². The van der Waals surface area contributed by atoms with Gasteiger partial charge in [-0.15, -0.1) is 0 Å². The highest BCUT2D eigenvalue weighted by Crippen LogP contribution is 2.44. The Morgan fingerprint density at radius 1 is 1.22 bits per heavy atom. The molecule has 4 rings (SSSR count). The SMILES string of the molecule is Nc1ccc(C2=NNC(=O)Cc3cc4c(c(Cl)c32)OCO4)cc1. The molecule has 0 unspecified atom stereocenters. The van der Waals surface area contributed by atoms with Crippen LogP contribution in [0.15, 0.2) is 35.4 Å². The maximum atomic E-state index is 11.9. The molecule has 6 nitrogen and oxygen atoms in total. The van der Waals surface area contributed by atoms with Gasteiger partial charge in [0.2, 0.25) is 12.7 Å². The molecule has 0 atom stereocenters. The van der Waals surface area contributed by atoms with Crippen LogP contribution in [0.1, 0.15) is 16.7 Å². The number of anilines is 1. The van der Waals surface area contributed by atoms with E-state index >= 15 is 0 Å². The summed E-state index contributed by atoms with van der Waals surface area (Å²) in [7, 11) is 0. The number of nitrogens with zero attached hydrogens (tertiary/aromatic N) is 1. The van der Waals surface area contributed by atoms with Crippen molar-refractivity contribution in [2.75, 3.05) is 12.5 Å². The molecule has 0 saturated carbocycles. The van der Waals surface area contributed by atoms with Crippen LogP contribution in [0, 0.1) is 0 Å². The van der Waals surface area contributed by atoms with Crippen LogP contribution in [0.5, 0.6) is 11.5 Å². The fraction of sp³-hybridized carbons (Fsp3) is 0.125. The first kappa shape index (κ1) is 13.9. The van der Waals surface area contributed by atoms with Crippen LogP contribution in [0.4, 0.5) is 5.69 Å². The molecule has 2 heterocycles. The molecule has 0 aliphatic carbocycles. The summed E-state index contributed by atoms with van der Waals surface area (Å²) in [6.45, 7) is 0.110. The van der Waals surface area contributed by atoms with E-state index in [-0.39, 0.29) is 19.1 Å². The fourth-order valence-electron chi connectivity index (χ4n) is 2.68. The number of nitrogen functional groups attached to an aromatic ring is 1. The summed E-state index contributed by atoms with van der Waals surface area (Å²) in [5.41, 5.74) is 11.7. The average molecular weight is 330 g/mol. The van der Waals surface area contributed by atoms with Gasteiger partial charge in [-0.25, -0.2) is 5.43 Å². The predicted molar refractivity (Wildman–Crippen MR) is 85.9 cm³/mol. The molecule has 116 valence electrons. The smallest absolute Gasteiger partial charge is 0.244 e. The number of carbonyl (C=O) groups excluding carboxylic acids is 1. The maximum absolute atomic E-state index is 11.9. The zero-order valence-electron chi connectivity index (χ0n) is 11.9. The van der Waals surface area contributed by atoms with Gasteiger partial charge >= 0.3 is 0 Å². The van der Waals surface area contributed by atoms with E-state index in [2.05, 4.69) is 10.5 Å². The molecule has 3 N–H and O–H groups in total. The van der Waals surface area contributed by atoms with Crippen molar-refractivity contribution in [3.8, 4) is 11.5 Å². The minimum atomic E-state index is -0.216. The summed E-state index contributed by atoms with van der Waals surface area (Å²) in [4.78, 5) is 11.9. The second kappa shape index (κ2) is 5.17. The first-order chi connectivity index (χ1) is 11.1. The molecule has 0 spiro atoms. The lowest BCUT2D eigenvalue weighted by Gasteiger charge is -2.13. The maximum Gasteiger partial charge on any atom is 0.244 e. The van der Waals surface area contributed by atoms with Crippen LogP contribution in [-0.2, 0) is 11.2 Å². The van der Waals surface area contributed by atoms with Gasteiger partial charge in [-0.3, -0.25) is 4.79 Å². The van der Waals surface area contributed by atoms with Crippen LogP contribution in [-0.4, -0.2) is 18.4 Å². The zero-order valence-corrected chi connectivity index (χ0v) is 12.7.